The maximum Gasteiger partial charge on any atom is 0.138 e. The Morgan fingerprint density at radius 2 is 2.05 bits per heavy atom. The first-order valence-corrected chi connectivity index (χ1v) is 7.89. The topological polar surface area (TPSA) is 42.7 Å². The monoisotopic (exact) mass is 286 g/mol. The van der Waals surface area contributed by atoms with Gasteiger partial charge in [0.1, 0.15) is 12.2 Å². The zero-order valence-corrected chi connectivity index (χ0v) is 13.3. The number of nitrogens with zero attached hydrogens (tertiary/aromatic N) is 3. The van der Waals surface area contributed by atoms with E-state index in [1.807, 2.05) is 4.68 Å². The number of aryl methyl sites for hydroxylation is 2. The zero-order valence-electron chi connectivity index (χ0n) is 13.3. The molecule has 0 aliphatic carbocycles. The van der Waals surface area contributed by atoms with E-state index >= 15 is 0 Å². The highest BCUT2D eigenvalue weighted by Gasteiger charge is 2.17. The van der Waals surface area contributed by atoms with E-state index < -0.39 is 0 Å². The van der Waals surface area contributed by atoms with Crippen molar-refractivity contribution >= 4 is 0 Å². The second-order valence-corrected chi connectivity index (χ2v) is 5.45. The van der Waals surface area contributed by atoms with Crippen molar-refractivity contribution in [1.29, 1.82) is 0 Å². The van der Waals surface area contributed by atoms with Crippen LogP contribution in [-0.4, -0.2) is 27.9 Å². The van der Waals surface area contributed by atoms with Crippen molar-refractivity contribution < 1.29 is 0 Å². The van der Waals surface area contributed by atoms with Crippen molar-refractivity contribution in [1.82, 2.24) is 20.1 Å². The molecule has 0 fully saturated rings. The molecular weight excluding hydrogens is 260 g/mol. The quantitative estimate of drug-likeness (QED) is 0.759. The summed E-state index contributed by atoms with van der Waals surface area (Å²) in [7, 11) is 0. The van der Waals surface area contributed by atoms with Crippen LogP contribution in [0.3, 0.4) is 0 Å². The molecule has 0 aliphatic rings. The van der Waals surface area contributed by atoms with E-state index in [2.05, 4.69) is 60.4 Å². The van der Waals surface area contributed by atoms with E-state index in [1.54, 1.807) is 6.33 Å². The third kappa shape index (κ3) is 4.14. The first-order chi connectivity index (χ1) is 10.3. The molecule has 1 aromatic heterocycles. The summed E-state index contributed by atoms with van der Waals surface area (Å²) in [6.45, 7) is 9.41. The fourth-order valence-corrected chi connectivity index (χ4v) is 2.72. The maximum absolute atomic E-state index is 4.43. The standard InChI is InChI=1S/C17H26N4/c1-4-10-18-12-15(16-9-7-6-8-14(16)3)11-17-19-13-20-21(17)5-2/h6-9,13,15,18H,4-5,10-12H2,1-3H3. The van der Waals surface area contributed by atoms with E-state index in [-0.39, 0.29) is 0 Å². The van der Waals surface area contributed by atoms with E-state index in [1.165, 1.54) is 11.1 Å². The fraction of sp³-hybridized carbons (Fsp3) is 0.529. The normalized spacial score (nSPS) is 12.5. The lowest BCUT2D eigenvalue weighted by Gasteiger charge is -2.20. The lowest BCUT2D eigenvalue weighted by molar-refractivity contribution is 0.535. The molecule has 0 radical (unpaired) electrons. The molecule has 0 amide bonds. The Hall–Kier alpha value is -1.68. The summed E-state index contributed by atoms with van der Waals surface area (Å²) in [6, 6.07) is 8.65. The summed E-state index contributed by atoms with van der Waals surface area (Å²) >= 11 is 0. The average Bonchev–Trinajstić information content (AvgIpc) is 2.94. The molecule has 4 heteroatoms. The second-order valence-electron chi connectivity index (χ2n) is 5.45. The Balaban J connectivity index is 2.18. The molecule has 0 saturated carbocycles. The van der Waals surface area contributed by atoms with Gasteiger partial charge in [-0.1, -0.05) is 31.2 Å². The van der Waals surface area contributed by atoms with Crippen molar-refractivity contribution in [2.45, 2.75) is 46.1 Å². The van der Waals surface area contributed by atoms with Gasteiger partial charge < -0.3 is 5.32 Å². The average molecular weight is 286 g/mol. The Kier molecular flexibility index (Phi) is 5.93. The zero-order chi connectivity index (χ0) is 15.1. The molecule has 1 N–H and O–H groups in total. The lowest BCUT2D eigenvalue weighted by atomic mass is 9.91. The molecule has 2 aromatic rings. The minimum absolute atomic E-state index is 0.437. The molecule has 0 saturated heterocycles. The Morgan fingerprint density at radius 3 is 2.76 bits per heavy atom. The van der Waals surface area contributed by atoms with Crippen LogP contribution in [0.4, 0.5) is 0 Å². The summed E-state index contributed by atoms with van der Waals surface area (Å²) in [5.41, 5.74) is 2.76. The van der Waals surface area contributed by atoms with Crippen LogP contribution in [0, 0.1) is 6.92 Å². The van der Waals surface area contributed by atoms with E-state index in [4.69, 9.17) is 0 Å². The van der Waals surface area contributed by atoms with Gasteiger partial charge >= 0.3 is 0 Å². The van der Waals surface area contributed by atoms with Crippen LogP contribution in [0.2, 0.25) is 0 Å². The van der Waals surface area contributed by atoms with Crippen LogP contribution in [0.25, 0.3) is 0 Å². The minimum Gasteiger partial charge on any atom is -0.316 e. The highest BCUT2D eigenvalue weighted by atomic mass is 15.3. The summed E-state index contributed by atoms with van der Waals surface area (Å²) in [6.07, 6.45) is 3.74. The number of nitrogens with one attached hydrogen (secondary N) is 1. The predicted molar refractivity (Wildman–Crippen MR) is 86.5 cm³/mol. The molecule has 21 heavy (non-hydrogen) atoms. The molecule has 1 heterocycles. The highest BCUT2D eigenvalue weighted by Crippen LogP contribution is 2.22. The minimum atomic E-state index is 0.437. The first-order valence-electron chi connectivity index (χ1n) is 7.89. The first kappa shape index (κ1) is 15.7. The molecule has 4 nitrogen and oxygen atoms in total. The number of rotatable bonds is 8. The molecule has 1 unspecified atom stereocenters. The third-order valence-corrected chi connectivity index (χ3v) is 3.87. The van der Waals surface area contributed by atoms with Gasteiger partial charge in [-0.05, 0) is 37.9 Å². The summed E-state index contributed by atoms with van der Waals surface area (Å²) in [5, 5.41) is 7.84. The molecule has 0 aliphatic heterocycles. The molecule has 1 aromatic carbocycles. The SMILES string of the molecule is CCCNCC(Cc1ncnn1CC)c1ccccc1C. The van der Waals surface area contributed by atoms with Crippen LogP contribution in [0.1, 0.15) is 43.1 Å². The van der Waals surface area contributed by atoms with Gasteiger partial charge in [0.05, 0.1) is 0 Å². The van der Waals surface area contributed by atoms with Gasteiger partial charge in [-0.2, -0.15) is 5.10 Å². The fourth-order valence-electron chi connectivity index (χ4n) is 2.72. The van der Waals surface area contributed by atoms with Crippen molar-refractivity contribution in [2.75, 3.05) is 13.1 Å². The van der Waals surface area contributed by atoms with Gasteiger partial charge in [-0.3, -0.25) is 4.68 Å². The number of hydrogen-bond donors (Lipinski definition) is 1. The molecule has 0 bridgehead atoms. The van der Waals surface area contributed by atoms with Crippen molar-refractivity contribution in [3.63, 3.8) is 0 Å². The third-order valence-electron chi connectivity index (χ3n) is 3.87. The van der Waals surface area contributed by atoms with Crippen LogP contribution in [-0.2, 0) is 13.0 Å². The number of hydrogen-bond acceptors (Lipinski definition) is 3. The predicted octanol–water partition coefficient (Wildman–Crippen LogP) is 2.93. The highest BCUT2D eigenvalue weighted by molar-refractivity contribution is 5.30. The second kappa shape index (κ2) is 7.93. The molecule has 1 atom stereocenters. The maximum atomic E-state index is 4.43. The molecule has 2 rings (SSSR count). The van der Waals surface area contributed by atoms with Crippen LogP contribution in [0.15, 0.2) is 30.6 Å². The van der Waals surface area contributed by atoms with Gasteiger partial charge in [0, 0.05) is 25.4 Å². The largest absolute Gasteiger partial charge is 0.316 e. The molecular formula is C17H26N4. The van der Waals surface area contributed by atoms with E-state index in [9.17, 15) is 0 Å². The molecule has 0 spiro atoms. The Morgan fingerprint density at radius 1 is 1.24 bits per heavy atom. The van der Waals surface area contributed by atoms with Crippen molar-refractivity contribution in [2.24, 2.45) is 0 Å². The summed E-state index contributed by atoms with van der Waals surface area (Å²) in [4.78, 5) is 4.43. The number of aromatic nitrogens is 3. The van der Waals surface area contributed by atoms with Gasteiger partial charge in [0.15, 0.2) is 0 Å². The van der Waals surface area contributed by atoms with Crippen LogP contribution >= 0.6 is 0 Å². The Bertz CT molecular complexity index is 547. The van der Waals surface area contributed by atoms with Crippen molar-refractivity contribution in [3.8, 4) is 0 Å². The number of benzene rings is 1. The van der Waals surface area contributed by atoms with Crippen LogP contribution < -0.4 is 5.32 Å². The van der Waals surface area contributed by atoms with Gasteiger partial charge in [0.2, 0.25) is 0 Å². The lowest BCUT2D eigenvalue weighted by Crippen LogP contribution is -2.25. The van der Waals surface area contributed by atoms with E-state index in [0.29, 0.717) is 5.92 Å². The summed E-state index contributed by atoms with van der Waals surface area (Å²) in [5.74, 6) is 1.51. The van der Waals surface area contributed by atoms with Gasteiger partial charge in [0.25, 0.3) is 0 Å². The summed E-state index contributed by atoms with van der Waals surface area (Å²) < 4.78 is 1.99. The van der Waals surface area contributed by atoms with Crippen molar-refractivity contribution in [3.05, 3.63) is 47.5 Å². The molecule has 114 valence electrons. The smallest absolute Gasteiger partial charge is 0.138 e. The van der Waals surface area contributed by atoms with Gasteiger partial charge in [-0.25, -0.2) is 4.98 Å². The van der Waals surface area contributed by atoms with Gasteiger partial charge in [-0.15, -0.1) is 0 Å². The Labute approximate surface area is 127 Å². The van der Waals surface area contributed by atoms with E-state index in [0.717, 1.165) is 38.3 Å². The van der Waals surface area contributed by atoms with Crippen LogP contribution in [0.5, 0.6) is 0 Å².